The number of fused-ring (bicyclic) bond motifs is 1. The number of benzene rings is 2. The average Bonchev–Trinajstić information content (AvgIpc) is 3.07. The number of esters is 1. The molecule has 1 fully saturated rings. The zero-order valence-electron chi connectivity index (χ0n) is 18.4. The van der Waals surface area contributed by atoms with E-state index >= 15 is 0 Å². The van der Waals surface area contributed by atoms with Crippen molar-refractivity contribution in [1.29, 1.82) is 0 Å². The van der Waals surface area contributed by atoms with Gasteiger partial charge in [-0.2, -0.15) is 0 Å². The van der Waals surface area contributed by atoms with Gasteiger partial charge in [-0.05, 0) is 25.0 Å². The Morgan fingerprint density at radius 3 is 2.61 bits per heavy atom. The number of carbonyl (C=O) groups is 3. The second-order valence-electron chi connectivity index (χ2n) is 8.00. The van der Waals surface area contributed by atoms with Crippen molar-refractivity contribution in [3.05, 3.63) is 63.6 Å². The maximum Gasteiger partial charge on any atom is 0.326 e. The predicted molar refractivity (Wildman–Crippen MR) is 122 cm³/mol. The van der Waals surface area contributed by atoms with Gasteiger partial charge in [0.1, 0.15) is 24.4 Å². The van der Waals surface area contributed by atoms with Crippen LogP contribution in [0.2, 0.25) is 0 Å². The summed E-state index contributed by atoms with van der Waals surface area (Å²) in [6, 6.07) is 12.7. The third kappa shape index (κ3) is 4.60. The summed E-state index contributed by atoms with van der Waals surface area (Å²) in [6.45, 7) is 3.48. The van der Waals surface area contributed by atoms with Crippen LogP contribution < -0.4 is 10.1 Å². The van der Waals surface area contributed by atoms with Crippen LogP contribution in [0.15, 0.2) is 46.9 Å². The Hall–Kier alpha value is -2.91. The van der Waals surface area contributed by atoms with E-state index in [-0.39, 0.29) is 6.61 Å². The van der Waals surface area contributed by atoms with Crippen LogP contribution in [0.1, 0.15) is 49.7 Å². The van der Waals surface area contributed by atoms with Gasteiger partial charge < -0.3 is 19.5 Å². The molecule has 0 unspecified atom stereocenters. The third-order valence-electron chi connectivity index (χ3n) is 6.02. The van der Waals surface area contributed by atoms with E-state index in [9.17, 15) is 14.4 Å². The number of hydrogen-bond acceptors (Lipinski definition) is 6. The monoisotopic (exact) mass is 516 g/mol. The van der Waals surface area contributed by atoms with Gasteiger partial charge >= 0.3 is 12.0 Å². The standard InChI is InChI=1S/C24H25BrN2O6/c1-3-24(4-2)22(29)27(23(30)26-24)12-19(28)31-13-16-10-18(25)11-17-14-32-21(33-20(16)17)15-8-6-5-7-9-15/h5-11,21H,3-4,12-14H2,1-2H3,(H,26,30)/t21-/m1/s1. The van der Waals surface area contributed by atoms with Crippen LogP contribution in [0.3, 0.4) is 0 Å². The van der Waals surface area contributed by atoms with Gasteiger partial charge in [0.05, 0.1) is 6.61 Å². The first kappa shape index (κ1) is 23.3. The smallest absolute Gasteiger partial charge is 0.326 e. The van der Waals surface area contributed by atoms with Crippen LogP contribution >= 0.6 is 15.9 Å². The van der Waals surface area contributed by atoms with Crippen molar-refractivity contribution in [3.63, 3.8) is 0 Å². The molecule has 0 radical (unpaired) electrons. The maximum absolute atomic E-state index is 12.7. The molecule has 0 bridgehead atoms. The number of nitrogens with one attached hydrogen (secondary N) is 1. The van der Waals surface area contributed by atoms with Gasteiger partial charge in [-0.25, -0.2) is 4.79 Å². The second kappa shape index (κ2) is 9.52. The van der Waals surface area contributed by atoms with Gasteiger partial charge in [0.25, 0.3) is 5.91 Å². The van der Waals surface area contributed by atoms with Crippen molar-refractivity contribution in [3.8, 4) is 5.75 Å². The van der Waals surface area contributed by atoms with E-state index in [0.29, 0.717) is 30.8 Å². The first-order valence-corrected chi connectivity index (χ1v) is 11.6. The third-order valence-corrected chi connectivity index (χ3v) is 6.48. The van der Waals surface area contributed by atoms with E-state index in [1.165, 1.54) is 0 Å². The minimum Gasteiger partial charge on any atom is -0.460 e. The number of imide groups is 1. The van der Waals surface area contributed by atoms with Gasteiger partial charge in [0.15, 0.2) is 0 Å². The summed E-state index contributed by atoms with van der Waals surface area (Å²) in [4.78, 5) is 38.4. The van der Waals surface area contributed by atoms with E-state index in [1.807, 2.05) is 56.3 Å². The highest BCUT2D eigenvalue weighted by atomic mass is 79.9. The van der Waals surface area contributed by atoms with Crippen LogP contribution in [-0.2, 0) is 32.3 Å². The summed E-state index contributed by atoms with van der Waals surface area (Å²) in [5.41, 5.74) is 1.40. The van der Waals surface area contributed by atoms with Crippen LogP contribution in [0.4, 0.5) is 4.79 Å². The van der Waals surface area contributed by atoms with Crippen molar-refractivity contribution >= 4 is 33.8 Å². The fourth-order valence-corrected chi connectivity index (χ4v) is 4.59. The Bertz CT molecular complexity index is 1070. The molecule has 1 N–H and O–H groups in total. The molecular formula is C24H25BrN2O6. The molecule has 2 aromatic rings. The SMILES string of the molecule is CCC1(CC)NC(=O)N(CC(=O)OCc2cc(Br)cc3c2O[C@H](c2ccccc2)OC3)C1=O. The molecule has 33 heavy (non-hydrogen) atoms. The van der Waals surface area contributed by atoms with Crippen LogP contribution in [-0.4, -0.2) is 34.9 Å². The number of carbonyl (C=O) groups excluding carboxylic acids is 3. The Morgan fingerprint density at radius 2 is 1.94 bits per heavy atom. The largest absolute Gasteiger partial charge is 0.460 e. The van der Waals surface area contributed by atoms with Crippen molar-refractivity contribution in [1.82, 2.24) is 10.2 Å². The lowest BCUT2D eigenvalue weighted by molar-refractivity contribution is -0.149. The highest BCUT2D eigenvalue weighted by Gasteiger charge is 2.49. The number of hydrogen-bond donors (Lipinski definition) is 1. The number of urea groups is 1. The summed E-state index contributed by atoms with van der Waals surface area (Å²) in [7, 11) is 0. The van der Waals surface area contributed by atoms with E-state index in [4.69, 9.17) is 14.2 Å². The number of halogens is 1. The molecule has 0 saturated carbocycles. The lowest BCUT2D eigenvalue weighted by atomic mass is 9.93. The van der Waals surface area contributed by atoms with Crippen LogP contribution in [0.5, 0.6) is 5.75 Å². The molecule has 2 aliphatic heterocycles. The molecule has 0 aromatic heterocycles. The van der Waals surface area contributed by atoms with E-state index in [1.54, 1.807) is 0 Å². The molecule has 4 rings (SSSR count). The quantitative estimate of drug-likeness (QED) is 0.437. The van der Waals surface area contributed by atoms with Crippen molar-refractivity contribution < 1.29 is 28.6 Å². The molecule has 174 valence electrons. The van der Waals surface area contributed by atoms with E-state index < -0.39 is 36.3 Å². The summed E-state index contributed by atoms with van der Waals surface area (Å²) in [6.07, 6.45) is 0.328. The number of amides is 3. The average molecular weight is 517 g/mol. The number of rotatable bonds is 7. The lowest BCUT2D eigenvalue weighted by Gasteiger charge is -2.28. The topological polar surface area (TPSA) is 94.2 Å². The van der Waals surface area contributed by atoms with E-state index in [2.05, 4.69) is 21.2 Å². The lowest BCUT2D eigenvalue weighted by Crippen LogP contribution is -2.46. The van der Waals surface area contributed by atoms with Gasteiger partial charge in [0, 0.05) is 21.2 Å². The predicted octanol–water partition coefficient (Wildman–Crippen LogP) is 4.21. The summed E-state index contributed by atoms with van der Waals surface area (Å²) < 4.78 is 18.2. The molecule has 2 aliphatic rings. The fourth-order valence-electron chi connectivity index (χ4n) is 4.04. The Labute approximate surface area is 200 Å². The fraction of sp³-hybridized carbons (Fsp3) is 0.375. The molecular weight excluding hydrogens is 492 g/mol. The molecule has 9 heteroatoms. The van der Waals surface area contributed by atoms with Gasteiger partial charge in [-0.3, -0.25) is 14.5 Å². The Morgan fingerprint density at radius 1 is 1.21 bits per heavy atom. The number of nitrogens with zero attached hydrogens (tertiary/aromatic N) is 1. The molecule has 0 aliphatic carbocycles. The van der Waals surface area contributed by atoms with E-state index in [0.717, 1.165) is 20.5 Å². The Balaban J connectivity index is 1.45. The maximum atomic E-state index is 12.7. The minimum absolute atomic E-state index is 0.0710. The molecule has 1 atom stereocenters. The summed E-state index contributed by atoms with van der Waals surface area (Å²) >= 11 is 3.47. The van der Waals surface area contributed by atoms with Gasteiger partial charge in [-0.15, -0.1) is 0 Å². The molecule has 2 heterocycles. The van der Waals surface area contributed by atoms with Crippen molar-refractivity contribution in [2.24, 2.45) is 0 Å². The second-order valence-corrected chi connectivity index (χ2v) is 8.91. The van der Waals surface area contributed by atoms with Gasteiger partial charge in [-0.1, -0.05) is 60.1 Å². The highest BCUT2D eigenvalue weighted by Crippen LogP contribution is 2.38. The Kier molecular flexibility index (Phi) is 6.71. The highest BCUT2D eigenvalue weighted by molar-refractivity contribution is 9.10. The molecule has 0 spiro atoms. The summed E-state index contributed by atoms with van der Waals surface area (Å²) in [5, 5.41) is 2.70. The molecule has 2 aromatic carbocycles. The first-order valence-electron chi connectivity index (χ1n) is 10.8. The molecule has 1 saturated heterocycles. The van der Waals surface area contributed by atoms with Crippen molar-refractivity contribution in [2.75, 3.05) is 6.54 Å². The summed E-state index contributed by atoms with van der Waals surface area (Å²) in [5.74, 6) is -0.487. The molecule has 8 nitrogen and oxygen atoms in total. The number of ether oxygens (including phenoxy) is 3. The van der Waals surface area contributed by atoms with Crippen LogP contribution in [0, 0.1) is 0 Å². The molecule has 3 amide bonds. The van der Waals surface area contributed by atoms with Crippen molar-refractivity contribution in [2.45, 2.75) is 51.7 Å². The normalized spacial score (nSPS) is 19.0. The first-order chi connectivity index (χ1) is 15.9. The minimum atomic E-state index is -0.957. The van der Waals surface area contributed by atoms with Crippen LogP contribution in [0.25, 0.3) is 0 Å². The zero-order valence-corrected chi connectivity index (χ0v) is 20.0. The van der Waals surface area contributed by atoms with Gasteiger partial charge in [0.2, 0.25) is 6.29 Å². The zero-order chi connectivity index (χ0) is 23.6.